The van der Waals surface area contributed by atoms with Gasteiger partial charge in [0.15, 0.2) is 0 Å². The van der Waals surface area contributed by atoms with Gasteiger partial charge < -0.3 is 10.6 Å². The van der Waals surface area contributed by atoms with E-state index in [-0.39, 0.29) is 11.6 Å². The summed E-state index contributed by atoms with van der Waals surface area (Å²) >= 11 is 6.02. The molecule has 0 atom stereocenters. The number of carbonyl (C=O) groups is 1. The predicted molar refractivity (Wildman–Crippen MR) is 105 cm³/mol. The number of nitrogens with one attached hydrogen (secondary N) is 2. The molecule has 0 radical (unpaired) electrons. The van der Waals surface area contributed by atoms with Gasteiger partial charge >= 0.3 is 0 Å². The summed E-state index contributed by atoms with van der Waals surface area (Å²) in [5, 5.41) is 6.60. The maximum absolute atomic E-state index is 12.3. The van der Waals surface area contributed by atoms with Crippen LogP contribution in [0.3, 0.4) is 0 Å². The highest BCUT2D eigenvalue weighted by molar-refractivity contribution is 6.30. The Morgan fingerprint density at radius 3 is 2.50 bits per heavy atom. The van der Waals surface area contributed by atoms with Gasteiger partial charge in [-0.05, 0) is 48.7 Å². The topological polar surface area (TPSA) is 66.9 Å². The molecule has 0 aliphatic carbocycles. The first-order valence-electron chi connectivity index (χ1n) is 8.30. The van der Waals surface area contributed by atoms with E-state index < -0.39 is 0 Å². The van der Waals surface area contributed by atoms with Crippen molar-refractivity contribution in [3.8, 4) is 0 Å². The van der Waals surface area contributed by atoms with Gasteiger partial charge in [-0.3, -0.25) is 4.79 Å². The minimum absolute atomic E-state index is 0.248. The maximum Gasteiger partial charge on any atom is 0.275 e. The Balaban J connectivity index is 1.68. The van der Waals surface area contributed by atoms with Gasteiger partial charge in [0, 0.05) is 16.4 Å². The molecule has 26 heavy (non-hydrogen) atoms. The Bertz CT molecular complexity index is 908. The Kier molecular flexibility index (Phi) is 5.49. The second kappa shape index (κ2) is 7.97. The third kappa shape index (κ3) is 4.37. The van der Waals surface area contributed by atoms with E-state index in [4.69, 9.17) is 11.6 Å². The normalized spacial score (nSPS) is 10.4. The van der Waals surface area contributed by atoms with Gasteiger partial charge in [0.25, 0.3) is 5.91 Å². The van der Waals surface area contributed by atoms with Crippen molar-refractivity contribution in [2.45, 2.75) is 20.3 Å². The SMILES string of the molecule is CCc1ccc(NC(=O)c2cnc(Nc3cc(Cl)ccc3C)cn2)cc1. The van der Waals surface area contributed by atoms with Crippen molar-refractivity contribution in [2.24, 2.45) is 0 Å². The number of nitrogens with zero attached hydrogens (tertiary/aromatic N) is 2. The van der Waals surface area contributed by atoms with E-state index in [1.165, 1.54) is 18.0 Å². The van der Waals surface area contributed by atoms with Crippen LogP contribution in [-0.2, 0) is 6.42 Å². The van der Waals surface area contributed by atoms with Gasteiger partial charge in [-0.15, -0.1) is 0 Å². The second-order valence-electron chi connectivity index (χ2n) is 5.88. The zero-order valence-corrected chi connectivity index (χ0v) is 15.3. The number of amides is 1. The highest BCUT2D eigenvalue weighted by Gasteiger charge is 2.09. The fourth-order valence-corrected chi connectivity index (χ4v) is 2.57. The number of benzene rings is 2. The number of rotatable bonds is 5. The minimum atomic E-state index is -0.299. The van der Waals surface area contributed by atoms with Crippen molar-refractivity contribution in [1.29, 1.82) is 0 Å². The van der Waals surface area contributed by atoms with Gasteiger partial charge in [0.1, 0.15) is 11.5 Å². The number of carbonyl (C=O) groups excluding carboxylic acids is 1. The van der Waals surface area contributed by atoms with Gasteiger partial charge in [0.2, 0.25) is 0 Å². The lowest BCUT2D eigenvalue weighted by Gasteiger charge is -2.09. The number of anilines is 3. The fourth-order valence-electron chi connectivity index (χ4n) is 2.40. The minimum Gasteiger partial charge on any atom is -0.339 e. The van der Waals surface area contributed by atoms with Gasteiger partial charge in [-0.1, -0.05) is 36.7 Å². The van der Waals surface area contributed by atoms with Gasteiger partial charge in [-0.25, -0.2) is 9.97 Å². The summed E-state index contributed by atoms with van der Waals surface area (Å²) in [6, 6.07) is 13.3. The summed E-state index contributed by atoms with van der Waals surface area (Å²) in [4.78, 5) is 20.7. The lowest BCUT2D eigenvalue weighted by Crippen LogP contribution is -2.14. The van der Waals surface area contributed by atoms with Crippen molar-refractivity contribution >= 4 is 34.7 Å². The second-order valence-corrected chi connectivity index (χ2v) is 6.31. The van der Waals surface area contributed by atoms with Crippen LogP contribution >= 0.6 is 11.6 Å². The number of hydrogen-bond acceptors (Lipinski definition) is 4. The zero-order valence-electron chi connectivity index (χ0n) is 14.6. The third-order valence-electron chi connectivity index (χ3n) is 3.97. The van der Waals surface area contributed by atoms with E-state index in [1.807, 2.05) is 49.4 Å². The highest BCUT2D eigenvalue weighted by atomic mass is 35.5. The van der Waals surface area contributed by atoms with Crippen molar-refractivity contribution in [3.63, 3.8) is 0 Å². The summed E-state index contributed by atoms with van der Waals surface area (Å²) in [6.07, 6.45) is 3.92. The molecule has 0 aliphatic rings. The van der Waals surface area contributed by atoms with Crippen molar-refractivity contribution < 1.29 is 4.79 Å². The summed E-state index contributed by atoms with van der Waals surface area (Å²) in [5.41, 5.74) is 4.08. The predicted octanol–water partition coefficient (Wildman–Crippen LogP) is 5.00. The molecule has 1 heterocycles. The lowest BCUT2D eigenvalue weighted by atomic mass is 10.1. The average molecular weight is 367 g/mol. The molecule has 0 bridgehead atoms. The van der Waals surface area contributed by atoms with Gasteiger partial charge in [-0.2, -0.15) is 0 Å². The molecule has 0 aliphatic heterocycles. The molecule has 3 rings (SSSR count). The molecule has 0 spiro atoms. The van der Waals surface area contributed by atoms with Crippen LogP contribution < -0.4 is 10.6 Å². The summed E-state index contributed by atoms with van der Waals surface area (Å²) < 4.78 is 0. The fraction of sp³-hybridized carbons (Fsp3) is 0.150. The van der Waals surface area contributed by atoms with E-state index in [2.05, 4.69) is 27.5 Å². The zero-order chi connectivity index (χ0) is 18.5. The first kappa shape index (κ1) is 17.9. The third-order valence-corrected chi connectivity index (χ3v) is 4.20. The molecule has 0 fully saturated rings. The van der Waals surface area contributed by atoms with Crippen LogP contribution in [0, 0.1) is 6.92 Å². The van der Waals surface area contributed by atoms with E-state index in [1.54, 1.807) is 0 Å². The van der Waals surface area contributed by atoms with Crippen LogP contribution in [0.15, 0.2) is 54.9 Å². The summed E-state index contributed by atoms with van der Waals surface area (Å²) in [7, 11) is 0. The van der Waals surface area contributed by atoms with Crippen molar-refractivity contribution in [3.05, 3.63) is 76.7 Å². The molecule has 5 nitrogen and oxygen atoms in total. The smallest absolute Gasteiger partial charge is 0.275 e. The summed E-state index contributed by atoms with van der Waals surface area (Å²) in [6.45, 7) is 4.06. The quantitative estimate of drug-likeness (QED) is 0.667. The Morgan fingerprint density at radius 2 is 1.85 bits per heavy atom. The van der Waals surface area contributed by atoms with Crippen molar-refractivity contribution in [1.82, 2.24) is 9.97 Å². The Morgan fingerprint density at radius 1 is 1.08 bits per heavy atom. The molecular weight excluding hydrogens is 348 g/mol. The van der Waals surface area contributed by atoms with Gasteiger partial charge in [0.05, 0.1) is 12.4 Å². The van der Waals surface area contributed by atoms with E-state index in [9.17, 15) is 4.79 Å². The largest absolute Gasteiger partial charge is 0.339 e. The average Bonchev–Trinajstić information content (AvgIpc) is 2.66. The number of aryl methyl sites for hydroxylation is 2. The van der Waals surface area contributed by atoms with Crippen LogP contribution in [-0.4, -0.2) is 15.9 Å². The van der Waals surface area contributed by atoms with E-state index in [0.29, 0.717) is 10.8 Å². The molecular formula is C20H19ClN4O. The van der Waals surface area contributed by atoms with Crippen LogP contribution in [0.25, 0.3) is 0 Å². The molecule has 6 heteroatoms. The number of hydrogen-bond donors (Lipinski definition) is 2. The highest BCUT2D eigenvalue weighted by Crippen LogP contribution is 2.23. The van der Waals surface area contributed by atoms with Crippen LogP contribution in [0.5, 0.6) is 0 Å². The molecule has 2 N–H and O–H groups in total. The van der Waals surface area contributed by atoms with Crippen molar-refractivity contribution in [2.75, 3.05) is 10.6 Å². The number of halogens is 1. The van der Waals surface area contributed by atoms with Crippen LogP contribution in [0.2, 0.25) is 5.02 Å². The van der Waals surface area contributed by atoms with E-state index >= 15 is 0 Å². The first-order valence-corrected chi connectivity index (χ1v) is 8.68. The molecule has 0 unspecified atom stereocenters. The molecule has 0 saturated heterocycles. The monoisotopic (exact) mass is 366 g/mol. The Labute approximate surface area is 157 Å². The van der Waals surface area contributed by atoms with E-state index in [0.717, 1.165) is 23.4 Å². The van der Waals surface area contributed by atoms with Crippen LogP contribution in [0.4, 0.5) is 17.2 Å². The maximum atomic E-state index is 12.3. The molecule has 1 aromatic heterocycles. The molecule has 132 valence electrons. The first-order chi connectivity index (χ1) is 12.5. The molecule has 2 aromatic carbocycles. The van der Waals surface area contributed by atoms with Crippen LogP contribution in [0.1, 0.15) is 28.5 Å². The summed E-state index contributed by atoms with van der Waals surface area (Å²) in [5.74, 6) is 0.242. The lowest BCUT2D eigenvalue weighted by molar-refractivity contribution is 0.102. The Hall–Kier alpha value is -2.92. The molecule has 0 saturated carbocycles. The molecule has 3 aromatic rings. The number of aromatic nitrogens is 2. The molecule has 1 amide bonds. The standard InChI is InChI=1S/C20H19ClN4O/c1-3-14-5-8-16(9-6-14)24-20(26)18-11-23-19(12-22-18)25-17-10-15(21)7-4-13(17)2/h4-12H,3H2,1-2H3,(H,23,25)(H,24,26).